The summed E-state index contributed by atoms with van der Waals surface area (Å²) < 4.78 is 46.8. The molecule has 7 nitrogen and oxygen atoms in total. The predicted molar refractivity (Wildman–Crippen MR) is 103 cm³/mol. The number of rotatable bonds is 5. The molecule has 2 aromatic heterocycles. The quantitative estimate of drug-likeness (QED) is 0.363. The highest BCUT2D eigenvalue weighted by atomic mass is 35.5. The summed E-state index contributed by atoms with van der Waals surface area (Å²) in [6.07, 6.45) is -4.63. The molecule has 30 heavy (non-hydrogen) atoms. The van der Waals surface area contributed by atoms with Crippen LogP contribution in [0.4, 0.5) is 13.2 Å². The molecule has 0 aliphatic rings. The molecule has 0 fully saturated rings. The van der Waals surface area contributed by atoms with E-state index in [9.17, 15) is 13.2 Å². The monoisotopic (exact) mass is 472 g/mol. The van der Waals surface area contributed by atoms with Gasteiger partial charge in [0.25, 0.3) is 5.22 Å². The Morgan fingerprint density at radius 3 is 2.43 bits per heavy atom. The second-order valence-electron chi connectivity index (χ2n) is 5.83. The zero-order chi connectivity index (χ0) is 21.3. The van der Waals surface area contributed by atoms with Crippen LogP contribution < -0.4 is 0 Å². The molecule has 4 rings (SSSR count). The molecule has 0 saturated carbocycles. The topological polar surface area (TPSA) is 82.5 Å². The molecular weight excluding hydrogens is 464 g/mol. The highest BCUT2D eigenvalue weighted by molar-refractivity contribution is 7.98. The average Bonchev–Trinajstić information content (AvgIpc) is 3.35. The third-order valence-electron chi connectivity index (χ3n) is 3.85. The standard InChI is InChI=1S/C17H9Cl2F3N6OS/c18-10-3-1-9(2-4-10)15-24-25-16(29-15)30-8-14-23-26-27-28(14)13-6-5-11(19)7-12(13)17(20,21)22/h1-7H,8H2. The summed E-state index contributed by atoms with van der Waals surface area (Å²) in [5, 5.41) is 19.6. The minimum Gasteiger partial charge on any atom is -0.411 e. The number of nitrogens with zero attached hydrogens (tertiary/aromatic N) is 6. The van der Waals surface area contributed by atoms with Crippen LogP contribution in [0.25, 0.3) is 17.1 Å². The molecule has 0 radical (unpaired) electrons. The van der Waals surface area contributed by atoms with E-state index < -0.39 is 11.7 Å². The number of alkyl halides is 3. The Kier molecular flexibility index (Phi) is 5.67. The SMILES string of the molecule is FC(F)(F)c1cc(Cl)ccc1-n1nnnc1CSc1nnc(-c2ccc(Cl)cc2)o1. The molecule has 0 saturated heterocycles. The van der Waals surface area contributed by atoms with Gasteiger partial charge in [0.05, 0.1) is 17.0 Å². The lowest BCUT2D eigenvalue weighted by atomic mass is 10.1. The largest absolute Gasteiger partial charge is 0.418 e. The van der Waals surface area contributed by atoms with Crippen LogP contribution in [0.2, 0.25) is 10.0 Å². The van der Waals surface area contributed by atoms with Crippen molar-refractivity contribution in [2.45, 2.75) is 17.2 Å². The fourth-order valence-corrected chi connectivity index (χ4v) is 3.47. The first-order valence-corrected chi connectivity index (χ1v) is 9.92. The van der Waals surface area contributed by atoms with E-state index in [2.05, 4.69) is 25.7 Å². The minimum atomic E-state index is -4.63. The number of thioether (sulfide) groups is 1. The van der Waals surface area contributed by atoms with Crippen LogP contribution in [0.15, 0.2) is 52.1 Å². The normalized spacial score (nSPS) is 11.8. The van der Waals surface area contributed by atoms with Crippen molar-refractivity contribution in [1.29, 1.82) is 0 Å². The third-order valence-corrected chi connectivity index (χ3v) is 5.15. The van der Waals surface area contributed by atoms with Gasteiger partial charge >= 0.3 is 6.18 Å². The van der Waals surface area contributed by atoms with Gasteiger partial charge in [0.2, 0.25) is 5.89 Å². The Morgan fingerprint density at radius 2 is 1.70 bits per heavy atom. The molecule has 0 N–H and O–H groups in total. The lowest BCUT2D eigenvalue weighted by Crippen LogP contribution is -2.13. The molecule has 154 valence electrons. The van der Waals surface area contributed by atoms with Crippen LogP contribution in [0.1, 0.15) is 11.4 Å². The van der Waals surface area contributed by atoms with Gasteiger partial charge in [0, 0.05) is 15.6 Å². The summed E-state index contributed by atoms with van der Waals surface area (Å²) in [5.74, 6) is 0.541. The van der Waals surface area contributed by atoms with Gasteiger partial charge in [-0.05, 0) is 52.9 Å². The van der Waals surface area contributed by atoms with Gasteiger partial charge in [0.1, 0.15) is 0 Å². The number of hydrogen-bond donors (Lipinski definition) is 0. The van der Waals surface area contributed by atoms with E-state index in [1.165, 1.54) is 12.1 Å². The predicted octanol–water partition coefficient (Wildman–Crippen LogP) is 5.33. The zero-order valence-corrected chi connectivity index (χ0v) is 17.0. The highest BCUT2D eigenvalue weighted by Crippen LogP contribution is 2.36. The van der Waals surface area contributed by atoms with Gasteiger partial charge in [0.15, 0.2) is 5.82 Å². The molecule has 4 aromatic rings. The summed E-state index contributed by atoms with van der Waals surface area (Å²) >= 11 is 12.7. The van der Waals surface area contributed by atoms with Gasteiger partial charge < -0.3 is 4.42 Å². The van der Waals surface area contributed by atoms with Crippen LogP contribution in [0.5, 0.6) is 0 Å². The molecule has 0 aliphatic carbocycles. The van der Waals surface area contributed by atoms with Crippen molar-refractivity contribution in [3.63, 3.8) is 0 Å². The molecule has 0 spiro atoms. The lowest BCUT2D eigenvalue weighted by molar-refractivity contribution is -0.137. The first kappa shape index (κ1) is 20.6. The van der Waals surface area contributed by atoms with Crippen molar-refractivity contribution in [2.24, 2.45) is 0 Å². The van der Waals surface area contributed by atoms with Crippen molar-refractivity contribution >= 4 is 35.0 Å². The van der Waals surface area contributed by atoms with Crippen LogP contribution in [-0.2, 0) is 11.9 Å². The summed E-state index contributed by atoms with van der Waals surface area (Å²) in [4.78, 5) is 0. The number of tetrazole rings is 1. The Bertz CT molecular complexity index is 1180. The molecule has 2 heterocycles. The number of aromatic nitrogens is 6. The number of hydrogen-bond acceptors (Lipinski definition) is 7. The zero-order valence-electron chi connectivity index (χ0n) is 14.6. The maximum absolute atomic E-state index is 13.4. The summed E-state index contributed by atoms with van der Waals surface area (Å²) in [6, 6.07) is 10.2. The summed E-state index contributed by atoms with van der Waals surface area (Å²) in [5.41, 5.74) is -0.504. The first-order valence-electron chi connectivity index (χ1n) is 8.18. The Balaban J connectivity index is 1.55. The van der Waals surface area contributed by atoms with E-state index in [0.717, 1.165) is 22.5 Å². The van der Waals surface area contributed by atoms with Crippen molar-refractivity contribution in [3.05, 3.63) is 63.9 Å². The van der Waals surface area contributed by atoms with Gasteiger partial charge in [-0.1, -0.05) is 35.0 Å². The molecule has 2 aromatic carbocycles. The van der Waals surface area contributed by atoms with E-state index in [4.69, 9.17) is 27.6 Å². The van der Waals surface area contributed by atoms with Crippen LogP contribution >= 0.6 is 35.0 Å². The fourth-order valence-electron chi connectivity index (χ4n) is 2.51. The highest BCUT2D eigenvalue weighted by Gasteiger charge is 2.35. The molecule has 0 unspecified atom stereocenters. The Morgan fingerprint density at radius 1 is 0.967 bits per heavy atom. The molecule has 0 aliphatic heterocycles. The van der Waals surface area contributed by atoms with E-state index >= 15 is 0 Å². The van der Waals surface area contributed by atoms with Crippen molar-refractivity contribution in [2.75, 3.05) is 0 Å². The second-order valence-corrected chi connectivity index (χ2v) is 7.63. The van der Waals surface area contributed by atoms with Crippen molar-refractivity contribution < 1.29 is 17.6 Å². The molecule has 0 atom stereocenters. The molecule has 0 amide bonds. The van der Waals surface area contributed by atoms with E-state index in [1.807, 2.05) is 0 Å². The lowest BCUT2D eigenvalue weighted by Gasteiger charge is -2.13. The number of halogens is 5. The van der Waals surface area contributed by atoms with Gasteiger partial charge in [-0.25, -0.2) is 0 Å². The average molecular weight is 473 g/mol. The van der Waals surface area contributed by atoms with Crippen LogP contribution in [-0.4, -0.2) is 30.4 Å². The van der Waals surface area contributed by atoms with Crippen molar-refractivity contribution in [3.8, 4) is 17.1 Å². The van der Waals surface area contributed by atoms with Crippen LogP contribution in [0, 0.1) is 0 Å². The van der Waals surface area contributed by atoms with E-state index in [1.54, 1.807) is 24.3 Å². The smallest absolute Gasteiger partial charge is 0.411 e. The van der Waals surface area contributed by atoms with Crippen molar-refractivity contribution in [1.82, 2.24) is 30.4 Å². The van der Waals surface area contributed by atoms with E-state index in [-0.39, 0.29) is 33.4 Å². The van der Waals surface area contributed by atoms with Gasteiger partial charge in [-0.3, -0.25) is 0 Å². The fraction of sp³-hybridized carbons (Fsp3) is 0.118. The van der Waals surface area contributed by atoms with Gasteiger partial charge in [-0.2, -0.15) is 17.9 Å². The van der Waals surface area contributed by atoms with Gasteiger partial charge in [-0.15, -0.1) is 15.3 Å². The second kappa shape index (κ2) is 8.25. The molecular formula is C17H9Cl2F3N6OS. The van der Waals surface area contributed by atoms with Crippen LogP contribution in [0.3, 0.4) is 0 Å². The third kappa shape index (κ3) is 4.42. The number of benzene rings is 2. The molecule has 13 heteroatoms. The summed E-state index contributed by atoms with van der Waals surface area (Å²) in [7, 11) is 0. The Hall–Kier alpha value is -2.63. The summed E-state index contributed by atoms with van der Waals surface area (Å²) in [6.45, 7) is 0. The minimum absolute atomic E-state index is 0.0457. The molecule has 0 bridgehead atoms. The van der Waals surface area contributed by atoms with E-state index in [0.29, 0.717) is 10.6 Å². The maximum Gasteiger partial charge on any atom is 0.418 e. The first-order chi connectivity index (χ1) is 14.3. The Labute approximate surface area is 181 Å². The maximum atomic E-state index is 13.4.